The van der Waals surface area contributed by atoms with Gasteiger partial charge in [-0.05, 0) is 62.4 Å². The van der Waals surface area contributed by atoms with Crippen LogP contribution in [0.4, 0.5) is 0 Å². The molecule has 1 amide bonds. The van der Waals surface area contributed by atoms with Crippen molar-refractivity contribution in [2.24, 2.45) is 0 Å². The highest BCUT2D eigenvalue weighted by Crippen LogP contribution is 2.35. The SMILES string of the molecule is CCNC(=O)CSc1nc2sc3c(c2c(=O)n1-c1ccc(Cl)cc1)CCCC3. The lowest BCUT2D eigenvalue weighted by Crippen LogP contribution is -2.26. The Hall–Kier alpha value is -1.83. The predicted molar refractivity (Wildman–Crippen MR) is 116 cm³/mol. The van der Waals surface area contributed by atoms with E-state index in [9.17, 15) is 9.59 Å². The molecule has 0 bridgehead atoms. The van der Waals surface area contributed by atoms with Crippen LogP contribution < -0.4 is 10.9 Å². The molecule has 3 aromatic rings. The largest absolute Gasteiger partial charge is 0.356 e. The van der Waals surface area contributed by atoms with Gasteiger partial charge >= 0.3 is 0 Å². The second kappa shape index (κ2) is 8.27. The molecule has 5 nitrogen and oxygen atoms in total. The Morgan fingerprint density at radius 1 is 1.29 bits per heavy atom. The number of fused-ring (bicyclic) bond motifs is 3. The van der Waals surface area contributed by atoms with Crippen LogP contribution in [0.2, 0.25) is 5.02 Å². The zero-order valence-corrected chi connectivity index (χ0v) is 17.8. The summed E-state index contributed by atoms with van der Waals surface area (Å²) in [5.41, 5.74) is 1.80. The standard InChI is InChI=1S/C20H20ClN3O2S2/c1-2-22-16(25)11-27-20-23-18-17(14-5-3-4-6-15(14)28-18)19(26)24(20)13-9-7-12(21)8-10-13/h7-10H,2-6,11H2,1H3,(H,22,25). The van der Waals surface area contributed by atoms with Gasteiger partial charge in [-0.25, -0.2) is 4.98 Å². The maximum atomic E-state index is 13.5. The fourth-order valence-corrected chi connectivity index (χ4v) is 5.75. The molecule has 0 unspecified atom stereocenters. The van der Waals surface area contributed by atoms with Gasteiger partial charge < -0.3 is 5.32 Å². The van der Waals surface area contributed by atoms with Crippen molar-refractivity contribution >= 4 is 50.8 Å². The molecule has 0 spiro atoms. The summed E-state index contributed by atoms with van der Waals surface area (Å²) in [5.74, 6) is 0.139. The molecule has 0 saturated heterocycles. The quantitative estimate of drug-likeness (QED) is 0.483. The Balaban J connectivity index is 1.87. The van der Waals surface area contributed by atoms with Gasteiger partial charge in [0.15, 0.2) is 5.16 Å². The molecule has 146 valence electrons. The summed E-state index contributed by atoms with van der Waals surface area (Å²) in [6, 6.07) is 7.14. The van der Waals surface area contributed by atoms with Crippen LogP contribution in [0.5, 0.6) is 0 Å². The zero-order chi connectivity index (χ0) is 19.7. The summed E-state index contributed by atoms with van der Waals surface area (Å²) in [4.78, 5) is 32.3. The first-order valence-electron chi connectivity index (χ1n) is 9.31. The third-order valence-electron chi connectivity index (χ3n) is 4.75. The maximum Gasteiger partial charge on any atom is 0.267 e. The first-order chi connectivity index (χ1) is 13.6. The van der Waals surface area contributed by atoms with Crippen LogP contribution in [0, 0.1) is 0 Å². The molecule has 1 aliphatic carbocycles. The molecule has 0 saturated carbocycles. The summed E-state index contributed by atoms with van der Waals surface area (Å²) in [6.07, 6.45) is 4.20. The Morgan fingerprint density at radius 3 is 2.79 bits per heavy atom. The van der Waals surface area contributed by atoms with Crippen molar-refractivity contribution in [1.29, 1.82) is 0 Å². The number of hydrogen-bond acceptors (Lipinski definition) is 5. The third kappa shape index (κ3) is 3.71. The van der Waals surface area contributed by atoms with Gasteiger partial charge in [0.05, 0.1) is 16.8 Å². The van der Waals surface area contributed by atoms with E-state index in [1.54, 1.807) is 28.0 Å². The van der Waals surface area contributed by atoms with Crippen molar-refractivity contribution in [2.45, 2.75) is 37.8 Å². The van der Waals surface area contributed by atoms with Crippen molar-refractivity contribution in [3.63, 3.8) is 0 Å². The van der Waals surface area contributed by atoms with E-state index in [1.165, 1.54) is 16.6 Å². The highest BCUT2D eigenvalue weighted by Gasteiger charge is 2.23. The smallest absolute Gasteiger partial charge is 0.267 e. The molecule has 2 aromatic heterocycles. The second-order valence-electron chi connectivity index (χ2n) is 6.64. The van der Waals surface area contributed by atoms with Crippen molar-refractivity contribution < 1.29 is 4.79 Å². The number of rotatable bonds is 5. The number of hydrogen-bond donors (Lipinski definition) is 1. The number of carbonyl (C=O) groups excluding carboxylic acids is 1. The number of nitrogens with zero attached hydrogens (tertiary/aromatic N) is 2. The molecular formula is C20H20ClN3O2S2. The van der Waals surface area contributed by atoms with Crippen molar-refractivity contribution in [3.8, 4) is 5.69 Å². The van der Waals surface area contributed by atoms with E-state index < -0.39 is 0 Å². The predicted octanol–water partition coefficient (Wildman–Crippen LogP) is 4.21. The minimum Gasteiger partial charge on any atom is -0.356 e. The number of carbonyl (C=O) groups is 1. The summed E-state index contributed by atoms with van der Waals surface area (Å²) in [7, 11) is 0. The molecule has 2 heterocycles. The van der Waals surface area contributed by atoms with E-state index in [1.807, 2.05) is 19.1 Å². The monoisotopic (exact) mass is 433 g/mol. The van der Waals surface area contributed by atoms with Crippen LogP contribution in [0.25, 0.3) is 15.9 Å². The van der Waals surface area contributed by atoms with Gasteiger partial charge in [-0.2, -0.15) is 0 Å². The van der Waals surface area contributed by atoms with E-state index >= 15 is 0 Å². The lowest BCUT2D eigenvalue weighted by Gasteiger charge is -2.13. The normalized spacial score (nSPS) is 13.5. The van der Waals surface area contributed by atoms with Crippen molar-refractivity contribution in [1.82, 2.24) is 14.9 Å². The van der Waals surface area contributed by atoms with Crippen LogP contribution in [0.3, 0.4) is 0 Å². The first kappa shape index (κ1) is 19.5. The zero-order valence-electron chi connectivity index (χ0n) is 15.5. The molecule has 0 atom stereocenters. The van der Waals surface area contributed by atoms with E-state index in [0.717, 1.165) is 41.5 Å². The summed E-state index contributed by atoms with van der Waals surface area (Å²) < 4.78 is 1.62. The van der Waals surface area contributed by atoms with Gasteiger partial charge in [0.1, 0.15) is 4.83 Å². The molecular weight excluding hydrogens is 414 g/mol. The average Bonchev–Trinajstić information content (AvgIpc) is 3.06. The van der Waals surface area contributed by atoms with Crippen LogP contribution in [-0.2, 0) is 17.6 Å². The molecule has 0 aliphatic heterocycles. The van der Waals surface area contributed by atoms with E-state index in [4.69, 9.17) is 16.6 Å². The molecule has 0 radical (unpaired) electrons. The second-order valence-corrected chi connectivity index (χ2v) is 9.11. The summed E-state index contributed by atoms with van der Waals surface area (Å²) in [5, 5.41) is 4.66. The van der Waals surface area contributed by atoms with Gasteiger partial charge in [-0.1, -0.05) is 23.4 Å². The van der Waals surface area contributed by atoms with Gasteiger partial charge in [-0.15, -0.1) is 11.3 Å². The number of thiophene rings is 1. The fraction of sp³-hybridized carbons (Fsp3) is 0.350. The van der Waals surface area contributed by atoms with Crippen molar-refractivity contribution in [2.75, 3.05) is 12.3 Å². The number of benzene rings is 1. The van der Waals surface area contributed by atoms with Crippen LogP contribution >= 0.6 is 34.7 Å². The fourth-order valence-electron chi connectivity index (χ4n) is 3.48. The molecule has 4 rings (SSSR count). The average molecular weight is 434 g/mol. The Bertz CT molecular complexity index is 1090. The number of amides is 1. The van der Waals surface area contributed by atoms with E-state index in [-0.39, 0.29) is 17.2 Å². The Labute approximate surface area is 176 Å². The van der Waals surface area contributed by atoms with Gasteiger partial charge in [0.2, 0.25) is 5.91 Å². The molecule has 0 fully saturated rings. The highest BCUT2D eigenvalue weighted by molar-refractivity contribution is 7.99. The summed E-state index contributed by atoms with van der Waals surface area (Å²) in [6.45, 7) is 2.46. The van der Waals surface area contributed by atoms with Crippen molar-refractivity contribution in [3.05, 3.63) is 50.1 Å². The minimum absolute atomic E-state index is 0.0647. The van der Waals surface area contributed by atoms with Gasteiger partial charge in [0.25, 0.3) is 5.56 Å². The van der Waals surface area contributed by atoms with Crippen LogP contribution in [0.15, 0.2) is 34.2 Å². The Morgan fingerprint density at radius 2 is 2.04 bits per heavy atom. The molecule has 28 heavy (non-hydrogen) atoms. The topological polar surface area (TPSA) is 64.0 Å². The number of aryl methyl sites for hydroxylation is 2. The third-order valence-corrected chi connectivity index (χ3v) is 7.13. The molecule has 1 N–H and O–H groups in total. The lowest BCUT2D eigenvalue weighted by atomic mass is 9.97. The Kier molecular flexibility index (Phi) is 5.75. The summed E-state index contributed by atoms with van der Waals surface area (Å²) >= 11 is 8.93. The highest BCUT2D eigenvalue weighted by atomic mass is 35.5. The van der Waals surface area contributed by atoms with Gasteiger partial charge in [0, 0.05) is 16.4 Å². The number of aromatic nitrogens is 2. The van der Waals surface area contributed by atoms with Crippen LogP contribution in [-0.4, -0.2) is 27.8 Å². The molecule has 1 aliphatic rings. The molecule has 8 heteroatoms. The van der Waals surface area contributed by atoms with Gasteiger partial charge in [-0.3, -0.25) is 14.2 Å². The minimum atomic E-state index is -0.0741. The number of halogens is 1. The first-order valence-corrected chi connectivity index (χ1v) is 11.5. The number of thioether (sulfide) groups is 1. The molecule has 1 aromatic carbocycles. The number of nitrogens with one attached hydrogen (secondary N) is 1. The van der Waals surface area contributed by atoms with E-state index in [2.05, 4.69) is 5.32 Å². The van der Waals surface area contributed by atoms with E-state index in [0.29, 0.717) is 22.4 Å². The maximum absolute atomic E-state index is 13.5. The van der Waals surface area contributed by atoms with Crippen LogP contribution in [0.1, 0.15) is 30.2 Å². The lowest BCUT2D eigenvalue weighted by molar-refractivity contribution is -0.118.